The van der Waals surface area contributed by atoms with Crippen LogP contribution in [0.1, 0.15) is 0 Å². The topological polar surface area (TPSA) is 87.8 Å². The Kier molecular flexibility index (Phi) is 5.54. The summed E-state index contributed by atoms with van der Waals surface area (Å²) < 4.78 is 7.29. The van der Waals surface area contributed by atoms with Gasteiger partial charge in [0, 0.05) is 48.2 Å². The second-order valence-electron chi connectivity index (χ2n) is 7.11. The van der Waals surface area contributed by atoms with Gasteiger partial charge in [0.25, 0.3) is 0 Å². The Labute approximate surface area is 180 Å². The average molecular weight is 410 g/mol. The van der Waals surface area contributed by atoms with E-state index >= 15 is 0 Å². The molecule has 0 spiro atoms. The molecule has 0 bridgehead atoms. The molecule has 0 fully saturated rings. The quantitative estimate of drug-likeness (QED) is 0.422. The van der Waals surface area contributed by atoms with Gasteiger partial charge in [-0.3, -0.25) is 9.67 Å². The van der Waals surface area contributed by atoms with Crippen LogP contribution >= 0.6 is 0 Å². The van der Waals surface area contributed by atoms with Crippen molar-refractivity contribution < 1.29 is 4.74 Å². The highest BCUT2D eigenvalue weighted by Crippen LogP contribution is 2.36. The number of fused-ring (bicyclic) bond motifs is 1. The molecule has 0 saturated carbocycles. The fourth-order valence-corrected chi connectivity index (χ4v) is 3.36. The minimum Gasteiger partial charge on any atom is -0.495 e. The Hall–Kier alpha value is -4.31. The number of hydrogen-bond acceptors (Lipinski definition) is 6. The molecule has 0 aliphatic rings. The molecule has 2 aromatic carbocycles. The van der Waals surface area contributed by atoms with E-state index in [0.717, 1.165) is 39.1 Å². The molecule has 7 nitrogen and oxygen atoms in total. The van der Waals surface area contributed by atoms with Crippen LogP contribution in [0, 0.1) is 11.3 Å². The van der Waals surface area contributed by atoms with Crippen LogP contribution in [-0.4, -0.2) is 28.4 Å². The highest BCUT2D eigenvalue weighted by Gasteiger charge is 2.11. The first kappa shape index (κ1) is 20.0. The Morgan fingerprint density at radius 1 is 1.19 bits per heavy atom. The summed E-state index contributed by atoms with van der Waals surface area (Å²) in [7, 11) is 3.51. The van der Waals surface area contributed by atoms with Crippen molar-refractivity contribution >= 4 is 27.8 Å². The molecule has 0 aliphatic carbocycles. The Balaban J connectivity index is 1.72. The monoisotopic (exact) mass is 410 g/mol. The molecule has 0 saturated heterocycles. The number of methoxy groups -OCH3 is 1. The highest BCUT2D eigenvalue weighted by molar-refractivity contribution is 5.99. The van der Waals surface area contributed by atoms with Gasteiger partial charge in [-0.25, -0.2) is 0 Å². The van der Waals surface area contributed by atoms with Gasteiger partial charge in [-0.15, -0.1) is 0 Å². The Morgan fingerprint density at radius 2 is 2.03 bits per heavy atom. The van der Waals surface area contributed by atoms with Crippen LogP contribution in [0.5, 0.6) is 5.75 Å². The lowest BCUT2D eigenvalue weighted by atomic mass is 10.0. The molecule has 31 heavy (non-hydrogen) atoms. The highest BCUT2D eigenvalue weighted by atomic mass is 16.5. The van der Waals surface area contributed by atoms with Crippen molar-refractivity contribution in [1.29, 1.82) is 5.26 Å². The molecule has 2 heterocycles. The number of pyridine rings is 1. The van der Waals surface area contributed by atoms with E-state index in [9.17, 15) is 0 Å². The van der Waals surface area contributed by atoms with Crippen molar-refractivity contribution in [3.63, 3.8) is 0 Å². The molecule has 0 unspecified atom stereocenters. The van der Waals surface area contributed by atoms with E-state index in [2.05, 4.69) is 45.5 Å². The maximum Gasteiger partial charge on any atom is 0.142 e. The maximum atomic E-state index is 9.04. The second-order valence-corrected chi connectivity index (χ2v) is 7.11. The molecule has 0 aliphatic heterocycles. The number of anilines is 3. The predicted octanol–water partition coefficient (Wildman–Crippen LogP) is 4.88. The van der Waals surface area contributed by atoms with Gasteiger partial charge in [-0.05, 0) is 29.7 Å². The minimum atomic E-state index is 0.346. The van der Waals surface area contributed by atoms with Gasteiger partial charge in [-0.2, -0.15) is 10.4 Å². The van der Waals surface area contributed by atoms with Crippen LogP contribution in [0.4, 0.5) is 17.1 Å². The third-order valence-corrected chi connectivity index (χ3v) is 4.89. The number of rotatable bonds is 7. The molecule has 2 N–H and O–H groups in total. The minimum absolute atomic E-state index is 0.346. The molecule has 0 atom stereocenters. The zero-order valence-corrected chi connectivity index (χ0v) is 17.4. The van der Waals surface area contributed by atoms with E-state index in [1.165, 1.54) is 0 Å². The lowest BCUT2D eigenvalue weighted by Gasteiger charge is -2.15. The van der Waals surface area contributed by atoms with E-state index in [1.54, 1.807) is 24.2 Å². The van der Waals surface area contributed by atoms with Crippen molar-refractivity contribution in [2.45, 2.75) is 0 Å². The largest absolute Gasteiger partial charge is 0.495 e. The van der Waals surface area contributed by atoms with Crippen LogP contribution in [-0.2, 0) is 7.05 Å². The van der Waals surface area contributed by atoms with Crippen molar-refractivity contribution in [2.24, 2.45) is 7.05 Å². The third-order valence-electron chi connectivity index (χ3n) is 4.89. The second kappa shape index (κ2) is 8.59. The smallest absolute Gasteiger partial charge is 0.142 e. The number of nitrogens with zero attached hydrogens (tertiary/aromatic N) is 4. The molecule has 0 radical (unpaired) electrons. The number of nitrogens with one attached hydrogen (secondary N) is 2. The van der Waals surface area contributed by atoms with Gasteiger partial charge >= 0.3 is 0 Å². The van der Waals surface area contributed by atoms with E-state index < -0.39 is 0 Å². The molecule has 7 heteroatoms. The van der Waals surface area contributed by atoms with Crippen LogP contribution in [0.2, 0.25) is 0 Å². The normalized spacial score (nSPS) is 10.5. The number of nitriles is 1. The van der Waals surface area contributed by atoms with Gasteiger partial charge in [0.05, 0.1) is 36.4 Å². The number of hydrogen-bond donors (Lipinski definition) is 2. The van der Waals surface area contributed by atoms with Crippen LogP contribution in [0.3, 0.4) is 0 Å². The van der Waals surface area contributed by atoms with Crippen molar-refractivity contribution in [1.82, 2.24) is 14.8 Å². The molecule has 4 rings (SSSR count). The summed E-state index contributed by atoms with van der Waals surface area (Å²) in [6.07, 6.45) is 5.46. The maximum absolute atomic E-state index is 9.04. The van der Waals surface area contributed by atoms with Crippen molar-refractivity contribution in [3.05, 3.63) is 73.2 Å². The number of benzene rings is 2. The summed E-state index contributed by atoms with van der Waals surface area (Å²) in [4.78, 5) is 4.55. The molecular weight excluding hydrogens is 388 g/mol. The van der Waals surface area contributed by atoms with Crippen molar-refractivity contribution in [2.75, 3.05) is 24.3 Å². The lowest BCUT2D eigenvalue weighted by molar-refractivity contribution is 0.417. The fourth-order valence-electron chi connectivity index (χ4n) is 3.36. The summed E-state index contributed by atoms with van der Waals surface area (Å²) >= 11 is 0. The predicted molar refractivity (Wildman–Crippen MR) is 123 cm³/mol. The number of aromatic nitrogens is 3. The van der Waals surface area contributed by atoms with E-state index in [-0.39, 0.29) is 0 Å². The number of aryl methyl sites for hydroxylation is 1. The van der Waals surface area contributed by atoms with Gasteiger partial charge in [0.15, 0.2) is 0 Å². The van der Waals surface area contributed by atoms with Crippen molar-refractivity contribution in [3.8, 4) is 23.1 Å². The zero-order chi connectivity index (χ0) is 21.8. The average Bonchev–Trinajstić information content (AvgIpc) is 3.21. The summed E-state index contributed by atoms with van der Waals surface area (Å²) in [6, 6.07) is 16.1. The molecule has 2 aromatic heterocycles. The summed E-state index contributed by atoms with van der Waals surface area (Å²) in [5.41, 5.74) is 4.91. The van der Waals surface area contributed by atoms with Crippen LogP contribution in [0.25, 0.3) is 22.0 Å². The third kappa shape index (κ3) is 4.33. The summed E-state index contributed by atoms with van der Waals surface area (Å²) in [6.45, 7) is 4.09. The van der Waals surface area contributed by atoms with E-state index in [0.29, 0.717) is 17.9 Å². The van der Waals surface area contributed by atoms with E-state index in [1.807, 2.05) is 43.6 Å². The first-order valence-electron chi connectivity index (χ1n) is 9.72. The van der Waals surface area contributed by atoms with Crippen LogP contribution in [0.15, 0.2) is 73.2 Å². The number of ether oxygens (including phenoxy) is 1. The molecule has 0 amide bonds. The fraction of sp³-hybridized carbons (Fsp3) is 0.125. The van der Waals surface area contributed by atoms with Gasteiger partial charge in [-0.1, -0.05) is 24.8 Å². The zero-order valence-electron chi connectivity index (χ0n) is 17.4. The van der Waals surface area contributed by atoms with Gasteiger partial charge in [0.2, 0.25) is 0 Å². The molecule has 154 valence electrons. The standard InChI is InChI=1S/C24H22N6O/c1-16(12-25)13-27-24-21-10-18(5-4-17(21)6-7-23(24)31-3)22-11-19(8-9-26-22)29-20-14-28-30(2)15-20/h4-11,14-15,27H,1,13H2,2-3H3,(H,26,29). The Morgan fingerprint density at radius 3 is 2.77 bits per heavy atom. The van der Waals surface area contributed by atoms with Crippen LogP contribution < -0.4 is 15.4 Å². The lowest BCUT2D eigenvalue weighted by Crippen LogP contribution is -2.05. The SMILES string of the molecule is C=C(C#N)CNc1c(OC)ccc2ccc(-c3cc(Nc4cnn(C)c4)ccn3)cc12. The van der Waals surface area contributed by atoms with Gasteiger partial charge in [0.1, 0.15) is 5.75 Å². The summed E-state index contributed by atoms with van der Waals surface area (Å²) in [5, 5.41) is 21.9. The van der Waals surface area contributed by atoms with E-state index in [4.69, 9.17) is 10.00 Å². The molecule has 4 aromatic rings. The Bertz CT molecular complexity index is 1300. The summed E-state index contributed by atoms with van der Waals surface area (Å²) in [5.74, 6) is 0.704. The first-order chi connectivity index (χ1) is 15.1. The first-order valence-corrected chi connectivity index (χ1v) is 9.72. The van der Waals surface area contributed by atoms with Gasteiger partial charge < -0.3 is 15.4 Å². The molecular formula is C24H22N6O.